The van der Waals surface area contributed by atoms with Gasteiger partial charge in [-0.2, -0.15) is 9.90 Å². The first-order valence-corrected chi connectivity index (χ1v) is 12.5. The van der Waals surface area contributed by atoms with Crippen LogP contribution in [0.1, 0.15) is 28.2 Å². The molecule has 9 heteroatoms. The molecule has 4 rings (SSSR count). The van der Waals surface area contributed by atoms with E-state index in [-0.39, 0.29) is 5.91 Å². The summed E-state index contributed by atoms with van der Waals surface area (Å²) in [6, 6.07) is 16.6. The van der Waals surface area contributed by atoms with Gasteiger partial charge in [0, 0.05) is 39.0 Å². The van der Waals surface area contributed by atoms with Gasteiger partial charge in [-0.3, -0.25) is 9.69 Å². The zero-order chi connectivity index (χ0) is 22.7. The zero-order valence-corrected chi connectivity index (χ0v) is 19.1. The zero-order valence-electron chi connectivity index (χ0n) is 18.3. The molecule has 3 aromatic rings. The number of para-hydroxylation sites is 1. The van der Waals surface area contributed by atoms with Gasteiger partial charge in [-0.25, -0.2) is 8.42 Å². The third kappa shape index (κ3) is 5.05. The number of aromatic nitrogens is 3. The van der Waals surface area contributed by atoms with Crippen LogP contribution in [0.2, 0.25) is 0 Å². The fourth-order valence-electron chi connectivity index (χ4n) is 3.84. The van der Waals surface area contributed by atoms with Crippen LogP contribution in [-0.4, -0.2) is 71.6 Å². The number of rotatable bonds is 5. The number of hydrogen-bond acceptors (Lipinski definition) is 6. The summed E-state index contributed by atoms with van der Waals surface area (Å²) in [7, 11) is -3.19. The van der Waals surface area contributed by atoms with E-state index in [2.05, 4.69) is 15.1 Å². The Hall–Kier alpha value is -3.04. The highest BCUT2D eigenvalue weighted by Gasteiger charge is 2.25. The number of benzene rings is 2. The van der Waals surface area contributed by atoms with Gasteiger partial charge in [0.1, 0.15) is 0 Å². The molecule has 32 heavy (non-hydrogen) atoms. The van der Waals surface area contributed by atoms with Gasteiger partial charge in [0.05, 0.1) is 16.3 Å². The molecule has 0 atom stereocenters. The molecule has 2 aromatic carbocycles. The lowest BCUT2D eigenvalue weighted by molar-refractivity contribution is 0.0754. The summed E-state index contributed by atoms with van der Waals surface area (Å²) in [5.74, 6) is -0.0935. The lowest BCUT2D eigenvalue weighted by atomic mass is 10.2. The van der Waals surface area contributed by atoms with Gasteiger partial charge in [-0.1, -0.05) is 30.3 Å². The standard InChI is InChI=1S/C23H27N5O3S/c1-18-22(25-28(24-18)20-7-4-3-5-8-20)23(29)27-14-6-13-26(15-16-27)17-19-9-11-21(12-10-19)32(2,30)31/h3-5,7-12H,6,13-17H2,1-2H3. The van der Waals surface area contributed by atoms with E-state index < -0.39 is 9.84 Å². The second-order valence-corrected chi connectivity index (χ2v) is 10.1. The fraction of sp³-hybridized carbons (Fsp3) is 0.348. The van der Waals surface area contributed by atoms with Gasteiger partial charge in [0.2, 0.25) is 0 Å². The van der Waals surface area contributed by atoms with Crippen molar-refractivity contribution in [1.82, 2.24) is 24.8 Å². The van der Waals surface area contributed by atoms with Crippen LogP contribution in [0, 0.1) is 6.92 Å². The van der Waals surface area contributed by atoms with E-state index in [1.54, 1.807) is 12.1 Å². The van der Waals surface area contributed by atoms with Crippen molar-refractivity contribution in [3.05, 3.63) is 71.5 Å². The van der Waals surface area contributed by atoms with Crippen LogP contribution < -0.4 is 0 Å². The molecule has 0 N–H and O–H groups in total. The van der Waals surface area contributed by atoms with Crippen LogP contribution >= 0.6 is 0 Å². The summed E-state index contributed by atoms with van der Waals surface area (Å²) in [6.45, 7) is 5.41. The van der Waals surface area contributed by atoms with E-state index in [0.717, 1.165) is 37.3 Å². The van der Waals surface area contributed by atoms with Crippen molar-refractivity contribution in [2.45, 2.75) is 24.8 Å². The number of sulfone groups is 1. The highest BCUT2D eigenvalue weighted by molar-refractivity contribution is 7.90. The van der Waals surface area contributed by atoms with E-state index in [4.69, 9.17) is 0 Å². The molecule has 1 saturated heterocycles. The molecule has 0 saturated carbocycles. The monoisotopic (exact) mass is 453 g/mol. The number of aryl methyl sites for hydroxylation is 1. The summed E-state index contributed by atoms with van der Waals surface area (Å²) in [5.41, 5.74) is 2.88. The van der Waals surface area contributed by atoms with Crippen LogP contribution in [0.25, 0.3) is 5.69 Å². The van der Waals surface area contributed by atoms with Gasteiger partial charge < -0.3 is 4.90 Å². The molecule has 1 aromatic heterocycles. The Morgan fingerprint density at radius 1 is 0.938 bits per heavy atom. The molecule has 0 bridgehead atoms. The van der Waals surface area contributed by atoms with Crippen molar-refractivity contribution in [3.63, 3.8) is 0 Å². The second-order valence-electron chi connectivity index (χ2n) is 8.10. The van der Waals surface area contributed by atoms with Crippen LogP contribution in [0.5, 0.6) is 0 Å². The highest BCUT2D eigenvalue weighted by atomic mass is 32.2. The molecule has 0 radical (unpaired) electrons. The average Bonchev–Trinajstić information content (AvgIpc) is 3.01. The second kappa shape index (κ2) is 9.22. The van der Waals surface area contributed by atoms with Gasteiger partial charge >= 0.3 is 0 Å². The van der Waals surface area contributed by atoms with Crippen molar-refractivity contribution in [3.8, 4) is 5.69 Å². The van der Waals surface area contributed by atoms with E-state index in [0.29, 0.717) is 29.4 Å². The summed E-state index contributed by atoms with van der Waals surface area (Å²) >= 11 is 0. The average molecular weight is 454 g/mol. The molecule has 1 amide bonds. The molecule has 1 fully saturated rings. The van der Waals surface area contributed by atoms with Crippen molar-refractivity contribution in [1.29, 1.82) is 0 Å². The molecule has 2 heterocycles. The minimum absolute atomic E-state index is 0.0935. The summed E-state index contributed by atoms with van der Waals surface area (Å²) in [6.07, 6.45) is 2.07. The number of carbonyl (C=O) groups is 1. The number of nitrogens with zero attached hydrogens (tertiary/aromatic N) is 5. The predicted octanol–water partition coefficient (Wildman–Crippen LogP) is 2.33. The van der Waals surface area contributed by atoms with Gasteiger partial charge in [-0.05, 0) is 43.2 Å². The minimum Gasteiger partial charge on any atom is -0.336 e. The first-order valence-electron chi connectivity index (χ1n) is 10.6. The van der Waals surface area contributed by atoms with Crippen LogP contribution in [-0.2, 0) is 16.4 Å². The number of carbonyl (C=O) groups excluding carboxylic acids is 1. The molecule has 0 spiro atoms. The Morgan fingerprint density at radius 2 is 1.66 bits per heavy atom. The van der Waals surface area contributed by atoms with Crippen molar-refractivity contribution in [2.24, 2.45) is 0 Å². The van der Waals surface area contributed by atoms with E-state index in [1.165, 1.54) is 11.1 Å². The first-order chi connectivity index (χ1) is 15.3. The summed E-state index contributed by atoms with van der Waals surface area (Å²) in [5, 5.41) is 8.87. The van der Waals surface area contributed by atoms with Gasteiger partial charge in [-0.15, -0.1) is 5.10 Å². The normalized spacial score (nSPS) is 15.5. The Balaban J connectivity index is 1.40. The molecule has 1 aliphatic rings. The molecule has 8 nitrogen and oxygen atoms in total. The first kappa shape index (κ1) is 22.2. The van der Waals surface area contributed by atoms with Gasteiger partial charge in [0.15, 0.2) is 15.5 Å². The molecule has 0 aliphatic carbocycles. The lowest BCUT2D eigenvalue weighted by Gasteiger charge is -2.21. The Bertz CT molecular complexity index is 1190. The quantitative estimate of drug-likeness (QED) is 0.589. The topological polar surface area (TPSA) is 88.4 Å². The van der Waals surface area contributed by atoms with Crippen LogP contribution in [0.4, 0.5) is 0 Å². The maximum atomic E-state index is 13.1. The van der Waals surface area contributed by atoms with Crippen molar-refractivity contribution >= 4 is 15.7 Å². The summed E-state index contributed by atoms with van der Waals surface area (Å²) in [4.78, 5) is 19.1. The number of amides is 1. The third-order valence-electron chi connectivity index (χ3n) is 5.61. The SMILES string of the molecule is Cc1nn(-c2ccccc2)nc1C(=O)N1CCCN(Cc2ccc(S(C)(=O)=O)cc2)CC1. The van der Waals surface area contributed by atoms with Crippen molar-refractivity contribution < 1.29 is 13.2 Å². The van der Waals surface area contributed by atoms with E-state index in [9.17, 15) is 13.2 Å². The molecular weight excluding hydrogens is 426 g/mol. The smallest absolute Gasteiger partial charge is 0.276 e. The molecule has 1 aliphatic heterocycles. The third-order valence-corrected chi connectivity index (χ3v) is 6.73. The maximum absolute atomic E-state index is 13.1. The van der Waals surface area contributed by atoms with Crippen LogP contribution in [0.3, 0.4) is 0 Å². The largest absolute Gasteiger partial charge is 0.336 e. The van der Waals surface area contributed by atoms with Crippen LogP contribution in [0.15, 0.2) is 59.5 Å². The minimum atomic E-state index is -3.19. The predicted molar refractivity (Wildman–Crippen MR) is 121 cm³/mol. The fourth-order valence-corrected chi connectivity index (χ4v) is 4.47. The number of hydrogen-bond donors (Lipinski definition) is 0. The summed E-state index contributed by atoms with van der Waals surface area (Å²) < 4.78 is 23.3. The maximum Gasteiger partial charge on any atom is 0.276 e. The van der Waals surface area contributed by atoms with E-state index in [1.807, 2.05) is 54.3 Å². The highest BCUT2D eigenvalue weighted by Crippen LogP contribution is 2.16. The molecule has 0 unspecified atom stereocenters. The Morgan fingerprint density at radius 3 is 2.34 bits per heavy atom. The lowest BCUT2D eigenvalue weighted by Crippen LogP contribution is -2.35. The molecule has 168 valence electrons. The molecular formula is C23H27N5O3S. The van der Waals surface area contributed by atoms with E-state index >= 15 is 0 Å². The Labute approximate surface area is 188 Å². The Kier molecular flexibility index (Phi) is 6.38. The van der Waals surface area contributed by atoms with Gasteiger partial charge in [0.25, 0.3) is 5.91 Å². The van der Waals surface area contributed by atoms with Crippen molar-refractivity contribution in [2.75, 3.05) is 32.4 Å².